The Bertz CT molecular complexity index is 1090. The highest BCUT2D eigenvalue weighted by atomic mass is 15.3. The number of pyridine rings is 2. The van der Waals surface area contributed by atoms with E-state index in [0.717, 1.165) is 48.7 Å². The van der Waals surface area contributed by atoms with E-state index in [9.17, 15) is 0 Å². The molecule has 0 aliphatic carbocycles. The molecule has 7 nitrogen and oxygen atoms in total. The van der Waals surface area contributed by atoms with E-state index in [-0.39, 0.29) is 0 Å². The summed E-state index contributed by atoms with van der Waals surface area (Å²) in [5, 5.41) is 5.56. The average molecular weight is 420 g/mol. The first-order chi connectivity index (χ1) is 14.9. The molecule has 1 fully saturated rings. The normalized spacial score (nSPS) is 20.0. The van der Waals surface area contributed by atoms with Gasteiger partial charge >= 0.3 is 0 Å². The van der Waals surface area contributed by atoms with E-state index >= 15 is 0 Å². The summed E-state index contributed by atoms with van der Waals surface area (Å²) in [6.45, 7) is 8.37. The van der Waals surface area contributed by atoms with Gasteiger partial charge < -0.3 is 14.7 Å². The zero-order valence-corrected chi connectivity index (χ0v) is 19.3. The third-order valence-electron chi connectivity index (χ3n) is 6.99. The monoisotopic (exact) mass is 419 g/mol. The van der Waals surface area contributed by atoms with Gasteiger partial charge in [0.15, 0.2) is 5.65 Å². The van der Waals surface area contributed by atoms with Crippen LogP contribution in [0.5, 0.6) is 0 Å². The molecule has 0 amide bonds. The Labute approximate surface area is 184 Å². The lowest BCUT2D eigenvalue weighted by Crippen LogP contribution is -2.42. The van der Waals surface area contributed by atoms with Crippen molar-refractivity contribution in [3.8, 4) is 0 Å². The van der Waals surface area contributed by atoms with Crippen molar-refractivity contribution in [2.45, 2.75) is 45.2 Å². The zero-order valence-electron chi connectivity index (χ0n) is 19.3. The maximum absolute atomic E-state index is 5.16. The summed E-state index contributed by atoms with van der Waals surface area (Å²) in [6.07, 6.45) is 4.35. The van der Waals surface area contributed by atoms with Gasteiger partial charge in [0.05, 0.1) is 23.0 Å². The molecule has 7 heteroatoms. The Morgan fingerprint density at radius 2 is 1.84 bits per heavy atom. The Morgan fingerprint density at radius 3 is 2.58 bits per heavy atom. The third kappa shape index (κ3) is 3.65. The first-order valence-electron chi connectivity index (χ1n) is 11.4. The Morgan fingerprint density at radius 1 is 1.06 bits per heavy atom. The van der Waals surface area contributed by atoms with Crippen molar-refractivity contribution in [1.29, 1.82) is 0 Å². The summed E-state index contributed by atoms with van der Waals surface area (Å²) < 4.78 is 1.86. The summed E-state index contributed by atoms with van der Waals surface area (Å²) >= 11 is 0. The van der Waals surface area contributed by atoms with Gasteiger partial charge in [0, 0.05) is 50.9 Å². The van der Waals surface area contributed by atoms with Gasteiger partial charge in [-0.15, -0.1) is 0 Å². The molecule has 2 aliphatic heterocycles. The van der Waals surface area contributed by atoms with Crippen molar-refractivity contribution in [2.75, 3.05) is 43.5 Å². The molecule has 3 aromatic rings. The number of anilines is 2. The number of aryl methyl sites for hydroxylation is 2. The lowest BCUT2D eigenvalue weighted by atomic mass is 9.95. The van der Waals surface area contributed by atoms with Gasteiger partial charge in [-0.25, -0.2) is 9.97 Å². The van der Waals surface area contributed by atoms with Crippen molar-refractivity contribution < 1.29 is 0 Å². The van der Waals surface area contributed by atoms with E-state index in [4.69, 9.17) is 4.98 Å². The number of aromatic nitrogens is 4. The minimum Gasteiger partial charge on any atom is -0.366 e. The van der Waals surface area contributed by atoms with Gasteiger partial charge in [-0.05, 0) is 51.6 Å². The SMILES string of the molecule is Cc1cc(N2Cc3ccc(N4CCC(N(C)C)CC4)nc3[C@@H](C)C2)c2cnn(C)c2n1. The number of rotatable bonds is 3. The van der Waals surface area contributed by atoms with E-state index in [2.05, 4.69) is 70.9 Å². The fourth-order valence-electron chi connectivity index (χ4n) is 5.19. The number of nitrogens with zero attached hydrogens (tertiary/aromatic N) is 7. The molecular formula is C24H33N7. The van der Waals surface area contributed by atoms with Crippen LogP contribution in [0.15, 0.2) is 24.4 Å². The first-order valence-corrected chi connectivity index (χ1v) is 11.4. The van der Waals surface area contributed by atoms with Gasteiger partial charge in [0.1, 0.15) is 5.82 Å². The number of hydrogen-bond donors (Lipinski definition) is 0. The van der Waals surface area contributed by atoms with Crippen LogP contribution in [0.2, 0.25) is 0 Å². The highest BCUT2D eigenvalue weighted by molar-refractivity contribution is 5.89. The standard InChI is InChI=1S/C24H33N7/c1-16-14-31(21-12-17(2)26-24-20(21)13-25-29(24)5)15-18-6-7-22(27-23(16)18)30-10-8-19(9-11-30)28(3)4/h6-7,12-13,16,19H,8-11,14-15H2,1-5H3/t16-/m0/s1. The minimum absolute atomic E-state index is 0.378. The first kappa shape index (κ1) is 20.2. The van der Waals surface area contributed by atoms with Gasteiger partial charge in [-0.1, -0.05) is 13.0 Å². The minimum atomic E-state index is 0.378. The summed E-state index contributed by atoms with van der Waals surface area (Å²) in [7, 11) is 6.34. The van der Waals surface area contributed by atoms with Gasteiger partial charge in [-0.3, -0.25) is 4.68 Å². The predicted molar refractivity (Wildman–Crippen MR) is 126 cm³/mol. The van der Waals surface area contributed by atoms with E-state index in [1.165, 1.54) is 29.8 Å². The van der Waals surface area contributed by atoms with Crippen LogP contribution in [0.4, 0.5) is 11.5 Å². The highest BCUT2D eigenvalue weighted by Gasteiger charge is 2.28. The van der Waals surface area contributed by atoms with Crippen molar-refractivity contribution >= 4 is 22.5 Å². The molecule has 0 N–H and O–H groups in total. The molecule has 0 unspecified atom stereocenters. The van der Waals surface area contributed by atoms with Crippen LogP contribution in [0.1, 0.15) is 42.6 Å². The summed E-state index contributed by atoms with van der Waals surface area (Å²) in [4.78, 5) is 17.1. The number of hydrogen-bond acceptors (Lipinski definition) is 6. The average Bonchev–Trinajstić information content (AvgIpc) is 3.13. The fourth-order valence-corrected chi connectivity index (χ4v) is 5.19. The molecule has 2 aliphatic rings. The van der Waals surface area contributed by atoms with Crippen molar-refractivity contribution in [3.63, 3.8) is 0 Å². The molecular weight excluding hydrogens is 386 g/mol. The molecule has 3 aromatic heterocycles. The van der Waals surface area contributed by atoms with Crippen LogP contribution in [-0.4, -0.2) is 64.4 Å². The van der Waals surface area contributed by atoms with Crippen LogP contribution in [-0.2, 0) is 13.6 Å². The second-order valence-corrected chi connectivity index (χ2v) is 9.47. The molecule has 0 saturated carbocycles. The number of fused-ring (bicyclic) bond motifs is 2. The molecule has 0 radical (unpaired) electrons. The maximum atomic E-state index is 5.16. The zero-order chi connectivity index (χ0) is 21.7. The Balaban J connectivity index is 1.40. The van der Waals surface area contributed by atoms with Crippen LogP contribution in [0.3, 0.4) is 0 Å². The van der Waals surface area contributed by atoms with E-state index in [1.54, 1.807) is 0 Å². The summed E-state index contributed by atoms with van der Waals surface area (Å²) in [5.41, 5.74) is 5.79. The maximum Gasteiger partial charge on any atom is 0.159 e. The summed E-state index contributed by atoms with van der Waals surface area (Å²) in [6, 6.07) is 7.41. The van der Waals surface area contributed by atoms with Crippen molar-refractivity contribution in [1.82, 2.24) is 24.6 Å². The second kappa shape index (κ2) is 7.79. The lowest BCUT2D eigenvalue weighted by Gasteiger charge is -2.38. The fraction of sp³-hybridized carbons (Fsp3) is 0.542. The second-order valence-electron chi connectivity index (χ2n) is 9.47. The van der Waals surface area contributed by atoms with Crippen molar-refractivity contribution in [3.05, 3.63) is 41.3 Å². The highest BCUT2D eigenvalue weighted by Crippen LogP contribution is 2.35. The third-order valence-corrected chi connectivity index (χ3v) is 6.99. The van der Waals surface area contributed by atoms with Gasteiger partial charge in [0.2, 0.25) is 0 Å². The van der Waals surface area contributed by atoms with Crippen molar-refractivity contribution in [2.24, 2.45) is 7.05 Å². The molecule has 164 valence electrons. The van der Waals surface area contributed by atoms with Gasteiger partial charge in [0.25, 0.3) is 0 Å². The Kier molecular flexibility index (Phi) is 5.08. The van der Waals surface area contributed by atoms with E-state index in [0.29, 0.717) is 12.0 Å². The number of piperidine rings is 1. The molecule has 1 saturated heterocycles. The molecule has 0 aromatic carbocycles. The smallest absolute Gasteiger partial charge is 0.159 e. The molecule has 0 bridgehead atoms. The lowest BCUT2D eigenvalue weighted by molar-refractivity contribution is 0.249. The molecule has 31 heavy (non-hydrogen) atoms. The topological polar surface area (TPSA) is 53.3 Å². The summed E-state index contributed by atoms with van der Waals surface area (Å²) in [5.74, 6) is 1.52. The quantitative estimate of drug-likeness (QED) is 0.649. The Hall–Kier alpha value is -2.67. The van der Waals surface area contributed by atoms with E-state index < -0.39 is 0 Å². The molecule has 1 atom stereocenters. The van der Waals surface area contributed by atoms with E-state index in [1.807, 2.05) is 17.9 Å². The molecule has 0 spiro atoms. The van der Waals surface area contributed by atoms with Crippen LogP contribution < -0.4 is 9.80 Å². The predicted octanol–water partition coefficient (Wildman–Crippen LogP) is 3.33. The largest absolute Gasteiger partial charge is 0.366 e. The van der Waals surface area contributed by atoms with Crippen LogP contribution in [0.25, 0.3) is 11.0 Å². The van der Waals surface area contributed by atoms with Crippen LogP contribution in [0, 0.1) is 6.92 Å². The molecule has 5 rings (SSSR count). The van der Waals surface area contributed by atoms with Gasteiger partial charge in [-0.2, -0.15) is 5.10 Å². The van der Waals surface area contributed by atoms with Crippen LogP contribution >= 0.6 is 0 Å². The molecule has 5 heterocycles.